The molecule has 0 unspecified atom stereocenters. The van der Waals surface area contributed by atoms with Crippen LogP contribution < -0.4 is 4.90 Å². The van der Waals surface area contributed by atoms with Crippen LogP contribution in [-0.4, -0.2) is 55.1 Å². The highest BCUT2D eigenvalue weighted by atomic mass is 79.9. The Morgan fingerprint density at radius 3 is 2.52 bits per heavy atom. The molecule has 0 N–H and O–H groups in total. The van der Waals surface area contributed by atoms with E-state index in [1.807, 2.05) is 18.2 Å². The molecular weight excluding hydrogens is 356 g/mol. The van der Waals surface area contributed by atoms with E-state index < -0.39 is 10.0 Å². The lowest BCUT2D eigenvalue weighted by molar-refractivity contribution is 0.387. The fraction of sp³-hybridized carbons (Fsp3) is 0.385. The van der Waals surface area contributed by atoms with Gasteiger partial charge in [0.25, 0.3) is 0 Å². The van der Waals surface area contributed by atoms with Gasteiger partial charge in [-0.25, -0.2) is 18.4 Å². The van der Waals surface area contributed by atoms with Gasteiger partial charge in [-0.3, -0.25) is 0 Å². The Morgan fingerprint density at radius 1 is 1.14 bits per heavy atom. The molecule has 2 heterocycles. The van der Waals surface area contributed by atoms with Crippen molar-refractivity contribution in [3.63, 3.8) is 0 Å². The minimum atomic E-state index is -3.11. The van der Waals surface area contributed by atoms with Crippen LogP contribution in [0.15, 0.2) is 29.0 Å². The van der Waals surface area contributed by atoms with Crippen LogP contribution in [0, 0.1) is 0 Å². The minimum absolute atomic E-state index is 0.484. The lowest BCUT2D eigenvalue weighted by Crippen LogP contribution is -2.48. The average molecular weight is 371 g/mol. The van der Waals surface area contributed by atoms with Crippen LogP contribution in [0.4, 0.5) is 5.82 Å². The van der Waals surface area contributed by atoms with Gasteiger partial charge in [-0.05, 0) is 18.2 Å². The number of nitrogens with zero attached hydrogens (tertiary/aromatic N) is 4. The van der Waals surface area contributed by atoms with Gasteiger partial charge in [-0.15, -0.1) is 0 Å². The predicted molar refractivity (Wildman–Crippen MR) is 85.9 cm³/mol. The minimum Gasteiger partial charge on any atom is -0.353 e. The van der Waals surface area contributed by atoms with Crippen LogP contribution in [0.2, 0.25) is 0 Å². The average Bonchev–Trinajstić information content (AvgIpc) is 2.46. The molecule has 6 nitrogen and oxygen atoms in total. The number of fused-ring (bicyclic) bond motifs is 1. The Kier molecular flexibility index (Phi) is 3.85. The fourth-order valence-electron chi connectivity index (χ4n) is 2.50. The van der Waals surface area contributed by atoms with E-state index in [4.69, 9.17) is 0 Å². The summed E-state index contributed by atoms with van der Waals surface area (Å²) in [4.78, 5) is 10.8. The third-order valence-corrected chi connectivity index (χ3v) is 5.38. The standard InChI is InChI=1S/C13H15BrN4O2S/c1-21(19,20)18-6-4-17(5-7-18)13-11-8-10(14)2-3-12(11)15-9-16-13/h2-3,8-9H,4-7H2,1H3. The molecule has 2 aromatic rings. The highest BCUT2D eigenvalue weighted by molar-refractivity contribution is 9.10. The SMILES string of the molecule is CS(=O)(=O)N1CCN(c2ncnc3ccc(Br)cc23)CC1. The van der Waals surface area contributed by atoms with E-state index in [0.29, 0.717) is 26.2 Å². The lowest BCUT2D eigenvalue weighted by atomic mass is 10.2. The molecule has 0 aliphatic carbocycles. The molecule has 0 amide bonds. The van der Waals surface area contributed by atoms with Crippen molar-refractivity contribution < 1.29 is 8.42 Å². The number of anilines is 1. The van der Waals surface area contributed by atoms with Gasteiger partial charge in [0, 0.05) is 36.0 Å². The molecule has 1 aromatic carbocycles. The van der Waals surface area contributed by atoms with E-state index in [1.54, 1.807) is 6.33 Å². The van der Waals surface area contributed by atoms with Gasteiger partial charge in [0.1, 0.15) is 12.1 Å². The Morgan fingerprint density at radius 2 is 1.86 bits per heavy atom. The number of hydrogen-bond donors (Lipinski definition) is 0. The van der Waals surface area contributed by atoms with E-state index >= 15 is 0 Å². The normalized spacial score (nSPS) is 17.3. The van der Waals surface area contributed by atoms with Crippen molar-refractivity contribution in [2.45, 2.75) is 0 Å². The maximum atomic E-state index is 11.6. The number of hydrogen-bond acceptors (Lipinski definition) is 5. The number of aromatic nitrogens is 2. The van der Waals surface area contributed by atoms with Gasteiger partial charge in [0.15, 0.2) is 0 Å². The van der Waals surface area contributed by atoms with Crippen LogP contribution in [0.25, 0.3) is 10.9 Å². The first kappa shape index (κ1) is 14.7. The predicted octanol–water partition coefficient (Wildman–Crippen LogP) is 1.47. The first-order chi connectivity index (χ1) is 9.95. The van der Waals surface area contributed by atoms with Gasteiger partial charge in [0.05, 0.1) is 11.8 Å². The van der Waals surface area contributed by atoms with Crippen LogP contribution >= 0.6 is 15.9 Å². The van der Waals surface area contributed by atoms with Gasteiger partial charge >= 0.3 is 0 Å². The monoisotopic (exact) mass is 370 g/mol. The highest BCUT2D eigenvalue weighted by Crippen LogP contribution is 2.26. The van der Waals surface area contributed by atoms with Crippen molar-refractivity contribution in [2.24, 2.45) is 0 Å². The number of sulfonamides is 1. The van der Waals surface area contributed by atoms with Crippen molar-refractivity contribution >= 4 is 42.7 Å². The second-order valence-electron chi connectivity index (χ2n) is 5.01. The first-order valence-electron chi connectivity index (χ1n) is 6.55. The zero-order valence-corrected chi connectivity index (χ0v) is 13.9. The molecule has 1 aromatic heterocycles. The summed E-state index contributed by atoms with van der Waals surface area (Å²) in [7, 11) is -3.11. The Bertz CT molecular complexity index is 773. The first-order valence-corrected chi connectivity index (χ1v) is 9.19. The van der Waals surface area contributed by atoms with Crippen molar-refractivity contribution in [3.05, 3.63) is 29.0 Å². The van der Waals surface area contributed by atoms with Crippen LogP contribution in [0.5, 0.6) is 0 Å². The molecule has 112 valence electrons. The molecule has 1 fully saturated rings. The number of piperazine rings is 1. The zero-order valence-electron chi connectivity index (χ0n) is 11.5. The molecule has 0 bridgehead atoms. The summed E-state index contributed by atoms with van der Waals surface area (Å²) in [5.41, 5.74) is 0.883. The molecule has 8 heteroatoms. The van der Waals surface area contributed by atoms with Crippen LogP contribution in [-0.2, 0) is 10.0 Å². The summed E-state index contributed by atoms with van der Waals surface area (Å²) >= 11 is 3.46. The van der Waals surface area contributed by atoms with Gasteiger partial charge in [-0.1, -0.05) is 15.9 Å². The highest BCUT2D eigenvalue weighted by Gasteiger charge is 2.24. The summed E-state index contributed by atoms with van der Waals surface area (Å²) in [6, 6.07) is 5.88. The molecule has 1 aliphatic rings. The zero-order chi connectivity index (χ0) is 15.0. The van der Waals surface area contributed by atoms with Crippen molar-refractivity contribution in [1.82, 2.24) is 14.3 Å². The smallest absolute Gasteiger partial charge is 0.211 e. The molecule has 0 spiro atoms. The van der Waals surface area contributed by atoms with E-state index in [1.165, 1.54) is 10.6 Å². The maximum Gasteiger partial charge on any atom is 0.211 e. The fourth-order valence-corrected chi connectivity index (χ4v) is 3.69. The molecule has 0 saturated carbocycles. The molecule has 1 saturated heterocycles. The lowest BCUT2D eigenvalue weighted by Gasteiger charge is -2.34. The molecule has 3 rings (SSSR count). The van der Waals surface area contributed by atoms with E-state index in [9.17, 15) is 8.42 Å². The van der Waals surface area contributed by atoms with Gasteiger partial charge in [0.2, 0.25) is 10.0 Å². The maximum absolute atomic E-state index is 11.6. The van der Waals surface area contributed by atoms with Crippen molar-refractivity contribution in [3.8, 4) is 0 Å². The van der Waals surface area contributed by atoms with Gasteiger partial charge < -0.3 is 4.90 Å². The van der Waals surface area contributed by atoms with Crippen LogP contribution in [0.3, 0.4) is 0 Å². The second-order valence-corrected chi connectivity index (χ2v) is 7.91. The molecule has 0 atom stereocenters. The summed E-state index contributed by atoms with van der Waals surface area (Å²) < 4.78 is 25.6. The quantitative estimate of drug-likeness (QED) is 0.800. The van der Waals surface area contributed by atoms with Gasteiger partial charge in [-0.2, -0.15) is 4.31 Å². The van der Waals surface area contributed by atoms with Crippen molar-refractivity contribution in [2.75, 3.05) is 37.3 Å². The van der Waals surface area contributed by atoms with E-state index in [-0.39, 0.29) is 0 Å². The third-order valence-electron chi connectivity index (χ3n) is 3.58. The molecular formula is C13H15BrN4O2S. The summed E-state index contributed by atoms with van der Waals surface area (Å²) in [5.74, 6) is 0.856. The summed E-state index contributed by atoms with van der Waals surface area (Å²) in [6.45, 7) is 2.23. The van der Waals surface area contributed by atoms with E-state index in [0.717, 1.165) is 21.2 Å². The Labute approximate surface area is 132 Å². The summed E-state index contributed by atoms with van der Waals surface area (Å²) in [6.07, 6.45) is 2.80. The molecule has 21 heavy (non-hydrogen) atoms. The van der Waals surface area contributed by atoms with Crippen LogP contribution in [0.1, 0.15) is 0 Å². The molecule has 0 radical (unpaired) electrons. The second kappa shape index (κ2) is 5.51. The third kappa shape index (κ3) is 3.02. The molecule has 1 aliphatic heterocycles. The largest absolute Gasteiger partial charge is 0.353 e. The number of benzene rings is 1. The number of rotatable bonds is 2. The van der Waals surface area contributed by atoms with E-state index in [2.05, 4.69) is 30.8 Å². The topological polar surface area (TPSA) is 66.4 Å². The summed E-state index contributed by atoms with van der Waals surface area (Å²) in [5, 5.41) is 0.972. The number of halogens is 1. The van der Waals surface area contributed by atoms with Crippen molar-refractivity contribution in [1.29, 1.82) is 0 Å². The Hall–Kier alpha value is -1.25. The Balaban J connectivity index is 1.91.